The molecule has 0 unspecified atom stereocenters. The van der Waals surface area contributed by atoms with E-state index in [2.05, 4.69) is 53.4 Å². The zero-order valence-corrected chi connectivity index (χ0v) is 25.1. The van der Waals surface area contributed by atoms with Gasteiger partial charge >= 0.3 is 0 Å². The normalized spacial score (nSPS) is 23.7. The Labute approximate surface area is 260 Å². The largest absolute Gasteiger partial charge is 0.375 e. The number of carbonyl (C=O) groups is 1. The van der Waals surface area contributed by atoms with Crippen LogP contribution >= 0.6 is 0 Å². The third kappa shape index (κ3) is 7.89. The lowest BCUT2D eigenvalue weighted by molar-refractivity contribution is -0.232. The minimum Gasteiger partial charge on any atom is -0.375 e. The van der Waals surface area contributed by atoms with Crippen molar-refractivity contribution in [2.45, 2.75) is 69.7 Å². The van der Waals surface area contributed by atoms with Gasteiger partial charge in [-0.1, -0.05) is 121 Å². The van der Waals surface area contributed by atoms with E-state index in [0.717, 1.165) is 22.3 Å². The molecule has 4 aromatic carbocycles. The maximum atomic E-state index is 12.9. The molecule has 2 saturated heterocycles. The molecular weight excluding hydrogens is 550 g/mol. The van der Waals surface area contributed by atoms with Gasteiger partial charge in [0.2, 0.25) is 0 Å². The first kappa shape index (κ1) is 30.4. The highest BCUT2D eigenvalue weighted by Gasteiger charge is 2.53. The topological polar surface area (TPSA) is 57.2 Å². The van der Waals surface area contributed by atoms with Crippen molar-refractivity contribution in [3.8, 4) is 0 Å². The van der Waals surface area contributed by atoms with Crippen molar-refractivity contribution in [3.05, 3.63) is 144 Å². The first-order valence-electron chi connectivity index (χ1n) is 15.6. The highest BCUT2D eigenvalue weighted by atomic mass is 16.6. The molecule has 6 rings (SSSR count). The highest BCUT2D eigenvalue weighted by molar-refractivity contribution is 5.80. The number of carbonyl (C=O) groups excluding carboxylic acids is 1. The average Bonchev–Trinajstić information content (AvgIpc) is 3.08. The molecule has 0 aromatic heterocycles. The number of fused-ring (bicyclic) bond motifs is 1. The van der Waals surface area contributed by atoms with Crippen LogP contribution in [0.25, 0.3) is 0 Å². The van der Waals surface area contributed by atoms with Crippen LogP contribution in [0.4, 0.5) is 0 Å². The summed E-state index contributed by atoms with van der Waals surface area (Å²) in [7, 11) is 0. The van der Waals surface area contributed by atoms with Gasteiger partial charge in [0.15, 0.2) is 0 Å². The van der Waals surface area contributed by atoms with Gasteiger partial charge < -0.3 is 18.9 Å². The van der Waals surface area contributed by atoms with Crippen LogP contribution in [0.15, 0.2) is 121 Å². The molecule has 0 aliphatic carbocycles. The summed E-state index contributed by atoms with van der Waals surface area (Å²) in [6.45, 7) is 2.88. The number of ketones is 1. The first-order chi connectivity index (χ1) is 21.7. The maximum Gasteiger partial charge on any atom is 0.135 e. The van der Waals surface area contributed by atoms with Crippen LogP contribution in [-0.2, 0) is 50.2 Å². The molecule has 6 heteroatoms. The quantitative estimate of drug-likeness (QED) is 0.180. The monoisotopic (exact) mass is 591 g/mol. The molecule has 2 fully saturated rings. The first-order valence-corrected chi connectivity index (χ1v) is 15.6. The molecule has 0 saturated carbocycles. The lowest BCUT2D eigenvalue weighted by atomic mass is 9.82. The summed E-state index contributed by atoms with van der Waals surface area (Å²) in [5, 5.41) is 0. The van der Waals surface area contributed by atoms with Crippen LogP contribution in [-0.4, -0.2) is 54.2 Å². The van der Waals surface area contributed by atoms with E-state index in [4.69, 9.17) is 18.9 Å². The fraction of sp³-hybridized carbons (Fsp3) is 0.342. The lowest BCUT2D eigenvalue weighted by Gasteiger charge is -2.54. The maximum absolute atomic E-state index is 12.9. The second-order valence-corrected chi connectivity index (χ2v) is 11.6. The van der Waals surface area contributed by atoms with E-state index in [1.165, 1.54) is 0 Å². The second-order valence-electron chi connectivity index (χ2n) is 11.6. The van der Waals surface area contributed by atoms with Crippen molar-refractivity contribution in [1.82, 2.24) is 4.90 Å². The Morgan fingerprint density at radius 2 is 0.977 bits per heavy atom. The van der Waals surface area contributed by atoms with E-state index in [9.17, 15) is 4.79 Å². The van der Waals surface area contributed by atoms with Crippen molar-refractivity contribution < 1.29 is 23.7 Å². The van der Waals surface area contributed by atoms with Crippen LogP contribution in [0.3, 0.4) is 0 Å². The standard InChI is InChI=1S/C38H41NO5/c40-33-21-22-39-34(23-33)36(42-25-30-15-7-2-8-16-30)38(44-27-32-19-11-4-12-20-32)37(43-26-31-17-9-3-10-18-31)35(39)28-41-24-29-13-5-1-6-14-29/h1-20,34-38H,21-28H2/t34-,35-,36+,37-,38-/m1/s1. The van der Waals surface area contributed by atoms with Crippen LogP contribution in [0.1, 0.15) is 35.1 Å². The van der Waals surface area contributed by atoms with Crippen molar-refractivity contribution >= 4 is 5.78 Å². The summed E-state index contributed by atoms with van der Waals surface area (Å²) < 4.78 is 26.8. The molecule has 2 heterocycles. The van der Waals surface area contributed by atoms with Crippen LogP contribution < -0.4 is 0 Å². The van der Waals surface area contributed by atoms with Gasteiger partial charge in [-0.05, 0) is 22.3 Å². The third-order valence-corrected chi connectivity index (χ3v) is 8.60. The zero-order chi connectivity index (χ0) is 30.0. The van der Waals surface area contributed by atoms with Gasteiger partial charge in [0, 0.05) is 25.4 Å². The number of hydrogen-bond donors (Lipinski definition) is 0. The van der Waals surface area contributed by atoms with Crippen molar-refractivity contribution in [2.24, 2.45) is 0 Å². The summed E-state index contributed by atoms with van der Waals surface area (Å²) in [4.78, 5) is 15.3. The van der Waals surface area contributed by atoms with E-state index in [0.29, 0.717) is 52.4 Å². The van der Waals surface area contributed by atoms with Crippen molar-refractivity contribution in [1.29, 1.82) is 0 Å². The summed E-state index contributed by atoms with van der Waals surface area (Å²) in [5.41, 5.74) is 4.38. The van der Waals surface area contributed by atoms with Crippen molar-refractivity contribution in [3.63, 3.8) is 0 Å². The number of ether oxygens (including phenoxy) is 4. The second kappa shape index (κ2) is 15.4. The molecule has 228 valence electrons. The van der Waals surface area contributed by atoms with Gasteiger partial charge in [0.25, 0.3) is 0 Å². The molecule has 0 N–H and O–H groups in total. The molecule has 4 aromatic rings. The van der Waals surface area contributed by atoms with Gasteiger partial charge in [0.1, 0.15) is 24.1 Å². The van der Waals surface area contributed by atoms with Crippen molar-refractivity contribution in [2.75, 3.05) is 13.2 Å². The van der Waals surface area contributed by atoms with Crippen LogP contribution in [0, 0.1) is 0 Å². The summed E-state index contributed by atoms with van der Waals surface area (Å²) >= 11 is 0. The lowest BCUT2D eigenvalue weighted by Crippen LogP contribution is -2.70. The van der Waals surface area contributed by atoms with Gasteiger partial charge in [-0.2, -0.15) is 0 Å². The Hall–Kier alpha value is -3.65. The molecule has 0 bridgehead atoms. The molecule has 0 radical (unpaired) electrons. The fourth-order valence-corrected chi connectivity index (χ4v) is 6.37. The number of rotatable bonds is 13. The van der Waals surface area contributed by atoms with Gasteiger partial charge in [-0.15, -0.1) is 0 Å². The van der Waals surface area contributed by atoms with Gasteiger partial charge in [-0.3, -0.25) is 9.69 Å². The molecule has 44 heavy (non-hydrogen) atoms. The Morgan fingerprint density at radius 1 is 0.545 bits per heavy atom. The molecular formula is C38H41NO5. The fourth-order valence-electron chi connectivity index (χ4n) is 6.37. The van der Waals surface area contributed by atoms with Crippen LogP contribution in [0.5, 0.6) is 0 Å². The third-order valence-electron chi connectivity index (χ3n) is 8.60. The van der Waals surface area contributed by atoms with Gasteiger partial charge in [0.05, 0.1) is 39.1 Å². The predicted molar refractivity (Wildman–Crippen MR) is 170 cm³/mol. The Balaban J connectivity index is 1.31. The summed E-state index contributed by atoms with van der Waals surface area (Å²) in [6.07, 6.45) is -0.196. The summed E-state index contributed by atoms with van der Waals surface area (Å²) in [5.74, 6) is 0.258. The number of piperidine rings is 2. The zero-order valence-electron chi connectivity index (χ0n) is 25.1. The molecule has 0 amide bonds. The minimum atomic E-state index is -0.417. The molecule has 2 aliphatic rings. The van der Waals surface area contributed by atoms with E-state index in [1.54, 1.807) is 0 Å². The predicted octanol–water partition coefficient (Wildman–Crippen LogP) is 6.38. The number of Topliss-reactive ketones (excluding diaryl/α,β-unsaturated/α-hetero) is 1. The summed E-state index contributed by atoms with van der Waals surface area (Å²) in [6, 6.07) is 40.6. The Morgan fingerprint density at radius 3 is 1.48 bits per heavy atom. The molecule has 2 aliphatic heterocycles. The molecule has 0 spiro atoms. The van der Waals surface area contributed by atoms with E-state index < -0.39 is 6.10 Å². The van der Waals surface area contributed by atoms with E-state index in [-0.39, 0.29) is 30.1 Å². The van der Waals surface area contributed by atoms with Crippen LogP contribution in [0.2, 0.25) is 0 Å². The number of nitrogens with zero attached hydrogens (tertiary/aromatic N) is 1. The molecule has 5 atom stereocenters. The van der Waals surface area contributed by atoms with Gasteiger partial charge in [-0.25, -0.2) is 0 Å². The van der Waals surface area contributed by atoms with E-state index >= 15 is 0 Å². The average molecular weight is 592 g/mol. The van der Waals surface area contributed by atoms with E-state index in [1.807, 2.05) is 72.8 Å². The Kier molecular flexibility index (Phi) is 10.6. The smallest absolute Gasteiger partial charge is 0.135 e. The minimum absolute atomic E-state index is 0.113. The Bertz CT molecular complexity index is 1420. The molecule has 6 nitrogen and oxygen atoms in total. The number of hydrogen-bond acceptors (Lipinski definition) is 6. The SMILES string of the molecule is O=C1CCN2[C@H](C1)[C@H](OCc1ccccc1)[C@@H](OCc1ccccc1)[C@H](OCc1ccccc1)[C@H]2COCc1ccccc1. The number of benzene rings is 4. The highest BCUT2D eigenvalue weighted by Crippen LogP contribution is 2.36.